The molecule has 3 aliphatic rings. The van der Waals surface area contributed by atoms with E-state index in [1.807, 2.05) is 24.3 Å². The smallest absolute Gasteiger partial charge is 0.275 e. The van der Waals surface area contributed by atoms with E-state index in [9.17, 15) is 9.59 Å². The maximum atomic E-state index is 14.7. The maximum Gasteiger partial charge on any atom is 0.275 e. The largest absolute Gasteiger partial charge is 0.345 e. The third kappa shape index (κ3) is 7.00. The van der Waals surface area contributed by atoms with E-state index in [0.29, 0.717) is 44.5 Å². The second-order valence-corrected chi connectivity index (χ2v) is 15.2. The Kier molecular flexibility index (Phi) is 9.53. The Bertz CT molecular complexity index is 1550. The van der Waals surface area contributed by atoms with Crippen LogP contribution in [-0.2, 0) is 11.3 Å². The first-order valence-electron chi connectivity index (χ1n) is 16.5. The zero-order chi connectivity index (χ0) is 32.5. The zero-order valence-corrected chi connectivity index (χ0v) is 28.4. The van der Waals surface area contributed by atoms with Gasteiger partial charge in [-0.05, 0) is 91.7 Å². The molecule has 244 valence electrons. The molecule has 2 heterocycles. The summed E-state index contributed by atoms with van der Waals surface area (Å²) in [7, 11) is 0. The molecule has 9 nitrogen and oxygen atoms in total. The van der Waals surface area contributed by atoms with Crippen molar-refractivity contribution in [2.24, 2.45) is 22.2 Å². The minimum atomic E-state index is -0.649. The predicted molar refractivity (Wildman–Crippen MR) is 180 cm³/mol. The van der Waals surface area contributed by atoms with Gasteiger partial charge < -0.3 is 10.2 Å². The molecule has 0 bridgehead atoms. The van der Waals surface area contributed by atoms with E-state index in [0.717, 1.165) is 44.1 Å². The van der Waals surface area contributed by atoms with Crippen molar-refractivity contribution in [2.75, 3.05) is 0 Å². The molecule has 11 heteroatoms. The topological polar surface area (TPSA) is 116 Å². The highest BCUT2D eigenvalue weighted by molar-refractivity contribution is 6.47. The van der Waals surface area contributed by atoms with Gasteiger partial charge in [-0.3, -0.25) is 14.6 Å². The highest BCUT2D eigenvalue weighted by Crippen LogP contribution is 2.50. The lowest BCUT2D eigenvalue weighted by Gasteiger charge is -2.47. The number of hydrogen-bond donors (Lipinski definition) is 2. The summed E-state index contributed by atoms with van der Waals surface area (Å²) in [5.74, 6) is 1.32. The molecule has 0 radical (unpaired) electrons. The van der Waals surface area contributed by atoms with Crippen molar-refractivity contribution in [3.8, 4) is 0 Å². The van der Waals surface area contributed by atoms with E-state index >= 15 is 0 Å². The molecular weight excluding hydrogens is 621 g/mol. The van der Waals surface area contributed by atoms with Gasteiger partial charge >= 0.3 is 0 Å². The maximum absolute atomic E-state index is 14.7. The number of amides is 2. The van der Waals surface area contributed by atoms with Crippen molar-refractivity contribution in [3.63, 3.8) is 0 Å². The quantitative estimate of drug-likeness (QED) is 0.243. The number of halogens is 2. The third-order valence-electron chi connectivity index (χ3n) is 10.3. The Morgan fingerprint density at radius 3 is 2.33 bits per heavy atom. The highest BCUT2D eigenvalue weighted by Gasteiger charge is 2.52. The third-order valence-corrected chi connectivity index (χ3v) is 10.8. The van der Waals surface area contributed by atoms with Gasteiger partial charge in [0, 0.05) is 21.2 Å². The fraction of sp³-hybridized carbons (Fsp3) is 0.543. The van der Waals surface area contributed by atoms with Crippen molar-refractivity contribution in [1.29, 1.82) is 0 Å². The van der Waals surface area contributed by atoms with Crippen LogP contribution in [0.2, 0.25) is 10.0 Å². The van der Waals surface area contributed by atoms with Crippen LogP contribution in [0, 0.1) is 17.3 Å². The summed E-state index contributed by atoms with van der Waals surface area (Å²) in [4.78, 5) is 35.0. The molecule has 1 aliphatic heterocycles. The number of H-pyrrole nitrogens is 1. The molecule has 2 N–H and O–H groups in total. The number of hydrogen-bond acceptors (Lipinski definition) is 6. The standard InChI is InChI=1S/C35H43Cl2N7O2/c1-34(2,3)26-14-16-35(17-15-26)39-31(25-18-27(36)20-28(37)19-25)33(46)44(35)29(13-8-22-6-4-5-7-22)23-9-11-24(12-10-23)32(45)38-21-30-40-42-43-41-30/h9-12,18-20,22,26,29H,4-8,13-17,21H2,1-3H3,(H,38,45)(H,40,41,42,43). The van der Waals surface area contributed by atoms with Crippen LogP contribution in [0.15, 0.2) is 47.5 Å². The molecule has 0 saturated heterocycles. The van der Waals surface area contributed by atoms with Gasteiger partial charge in [-0.1, -0.05) is 87.0 Å². The number of nitrogens with zero attached hydrogens (tertiary/aromatic N) is 5. The SMILES string of the molecule is CC(C)(C)C1CCC2(CC1)N=C(c1cc(Cl)cc(Cl)c1)C(=O)N2C(CCC1CCCC1)c1ccc(C(=O)NCc2nn[nH]n2)cc1. The molecule has 1 unspecified atom stereocenters. The summed E-state index contributed by atoms with van der Waals surface area (Å²) in [5, 5.41) is 17.5. The molecule has 2 fully saturated rings. The minimum Gasteiger partial charge on any atom is -0.345 e. The number of rotatable bonds is 9. The highest BCUT2D eigenvalue weighted by atomic mass is 35.5. The van der Waals surface area contributed by atoms with Crippen LogP contribution in [0.3, 0.4) is 0 Å². The minimum absolute atomic E-state index is 0.0779. The Morgan fingerprint density at radius 2 is 1.72 bits per heavy atom. The van der Waals surface area contributed by atoms with Crippen LogP contribution in [-0.4, -0.2) is 48.7 Å². The number of aromatic nitrogens is 4. The Morgan fingerprint density at radius 1 is 1.04 bits per heavy atom. The lowest BCUT2D eigenvalue weighted by molar-refractivity contribution is -0.133. The molecule has 46 heavy (non-hydrogen) atoms. The van der Waals surface area contributed by atoms with Gasteiger partial charge in [-0.2, -0.15) is 5.21 Å². The molecule has 1 atom stereocenters. The van der Waals surface area contributed by atoms with E-state index in [4.69, 9.17) is 28.2 Å². The van der Waals surface area contributed by atoms with Crippen LogP contribution < -0.4 is 5.32 Å². The summed E-state index contributed by atoms with van der Waals surface area (Å²) in [6, 6.07) is 12.7. The van der Waals surface area contributed by atoms with E-state index in [-0.39, 0.29) is 29.8 Å². The molecule has 2 amide bonds. The number of benzene rings is 2. The number of aromatic amines is 1. The van der Waals surface area contributed by atoms with E-state index in [1.54, 1.807) is 18.2 Å². The Hall–Kier alpha value is -3.30. The predicted octanol–water partition coefficient (Wildman–Crippen LogP) is 7.71. The molecule has 2 saturated carbocycles. The van der Waals surface area contributed by atoms with Crippen molar-refractivity contribution in [3.05, 3.63) is 75.0 Å². The molecular formula is C35H43Cl2N7O2. The lowest BCUT2D eigenvalue weighted by Crippen LogP contribution is -2.51. The molecule has 1 spiro atoms. The first-order chi connectivity index (χ1) is 22.0. The number of carbonyl (C=O) groups is 2. The van der Waals surface area contributed by atoms with Crippen molar-refractivity contribution < 1.29 is 9.59 Å². The van der Waals surface area contributed by atoms with Crippen LogP contribution >= 0.6 is 23.2 Å². The van der Waals surface area contributed by atoms with Gasteiger partial charge in [-0.25, -0.2) is 0 Å². The second kappa shape index (κ2) is 13.4. The van der Waals surface area contributed by atoms with E-state index in [1.165, 1.54) is 25.7 Å². The molecule has 1 aromatic heterocycles. The first-order valence-corrected chi connectivity index (χ1v) is 17.3. The van der Waals surface area contributed by atoms with Gasteiger partial charge in [0.15, 0.2) is 5.82 Å². The van der Waals surface area contributed by atoms with E-state index < -0.39 is 5.66 Å². The monoisotopic (exact) mass is 663 g/mol. The fourth-order valence-electron chi connectivity index (χ4n) is 7.73. The lowest BCUT2D eigenvalue weighted by atomic mass is 9.69. The molecule has 2 aliphatic carbocycles. The van der Waals surface area contributed by atoms with Crippen LogP contribution in [0.5, 0.6) is 0 Å². The second-order valence-electron chi connectivity index (χ2n) is 14.3. The number of carbonyl (C=O) groups excluding carboxylic acids is 2. The first kappa shape index (κ1) is 32.6. The summed E-state index contributed by atoms with van der Waals surface area (Å²) >= 11 is 12.8. The average molecular weight is 665 g/mol. The fourth-order valence-corrected chi connectivity index (χ4v) is 8.26. The number of aliphatic imine (C=N–C) groups is 1. The van der Waals surface area contributed by atoms with Gasteiger partial charge in [0.1, 0.15) is 11.4 Å². The van der Waals surface area contributed by atoms with Gasteiger partial charge in [0.05, 0.1) is 12.6 Å². The normalized spacial score (nSPS) is 22.8. The van der Waals surface area contributed by atoms with Crippen molar-refractivity contribution in [1.82, 2.24) is 30.8 Å². The van der Waals surface area contributed by atoms with Gasteiger partial charge in [0.2, 0.25) is 0 Å². The summed E-state index contributed by atoms with van der Waals surface area (Å²) in [6.07, 6.45) is 10.5. The molecule has 3 aromatic rings. The molecule has 6 rings (SSSR count). The number of nitrogens with one attached hydrogen (secondary N) is 2. The van der Waals surface area contributed by atoms with Gasteiger partial charge in [0.25, 0.3) is 11.8 Å². The Balaban J connectivity index is 1.34. The average Bonchev–Trinajstić information content (AvgIpc) is 3.79. The van der Waals surface area contributed by atoms with Crippen molar-refractivity contribution >= 4 is 40.7 Å². The van der Waals surface area contributed by atoms with Gasteiger partial charge in [-0.15, -0.1) is 10.2 Å². The van der Waals surface area contributed by atoms with Crippen LogP contribution in [0.25, 0.3) is 0 Å². The number of tetrazole rings is 1. The Labute approximate surface area is 280 Å². The van der Waals surface area contributed by atoms with E-state index in [2.05, 4.69) is 51.6 Å². The summed E-state index contributed by atoms with van der Waals surface area (Å²) in [6.45, 7) is 7.09. The zero-order valence-electron chi connectivity index (χ0n) is 26.9. The van der Waals surface area contributed by atoms with Crippen molar-refractivity contribution in [2.45, 2.75) is 103 Å². The van der Waals surface area contributed by atoms with Crippen LogP contribution in [0.4, 0.5) is 0 Å². The summed E-state index contributed by atoms with van der Waals surface area (Å²) < 4.78 is 0. The molecule has 2 aromatic carbocycles. The summed E-state index contributed by atoms with van der Waals surface area (Å²) in [5.41, 5.74) is 2.17. The van der Waals surface area contributed by atoms with Crippen LogP contribution in [0.1, 0.15) is 118 Å².